The third-order valence-electron chi connectivity index (χ3n) is 4.78. The van der Waals surface area contributed by atoms with Gasteiger partial charge in [0.25, 0.3) is 0 Å². The van der Waals surface area contributed by atoms with E-state index in [1.54, 1.807) is 0 Å². The van der Waals surface area contributed by atoms with Crippen LogP contribution in [0.15, 0.2) is 0 Å². The molecule has 1 aromatic heterocycles. The fourth-order valence-electron chi connectivity index (χ4n) is 3.62. The zero-order chi connectivity index (χ0) is 15.2. The molecule has 120 valence electrons. The highest BCUT2D eigenvalue weighted by Crippen LogP contribution is 2.30. The number of nitrogens with zero attached hydrogens (tertiary/aromatic N) is 2. The first-order valence-electron chi connectivity index (χ1n) is 8.68. The molecule has 1 aliphatic rings. The maximum atomic E-state index is 6.59. The van der Waals surface area contributed by atoms with Crippen LogP contribution in [0.1, 0.15) is 64.3 Å². The van der Waals surface area contributed by atoms with Gasteiger partial charge in [-0.1, -0.05) is 44.7 Å². The summed E-state index contributed by atoms with van der Waals surface area (Å²) >= 11 is 6.59. The van der Waals surface area contributed by atoms with Gasteiger partial charge in [-0.3, -0.25) is 4.68 Å². The molecular formula is C17H30ClN3. The van der Waals surface area contributed by atoms with Gasteiger partial charge >= 0.3 is 0 Å². The van der Waals surface area contributed by atoms with Crippen molar-refractivity contribution in [1.29, 1.82) is 0 Å². The zero-order valence-corrected chi connectivity index (χ0v) is 14.5. The zero-order valence-electron chi connectivity index (χ0n) is 13.8. The summed E-state index contributed by atoms with van der Waals surface area (Å²) in [6.45, 7) is 8.46. The van der Waals surface area contributed by atoms with Crippen LogP contribution in [0, 0.1) is 5.92 Å². The third kappa shape index (κ3) is 4.01. The van der Waals surface area contributed by atoms with E-state index in [0.29, 0.717) is 12.0 Å². The van der Waals surface area contributed by atoms with Gasteiger partial charge in [-0.25, -0.2) is 0 Å². The summed E-state index contributed by atoms with van der Waals surface area (Å²) in [4.78, 5) is 0. The van der Waals surface area contributed by atoms with E-state index in [0.717, 1.165) is 36.6 Å². The number of nitrogens with one attached hydrogen (secondary N) is 1. The van der Waals surface area contributed by atoms with E-state index < -0.39 is 0 Å². The summed E-state index contributed by atoms with van der Waals surface area (Å²) in [5.41, 5.74) is 2.31. The number of aryl methyl sites for hydroxylation is 2. The van der Waals surface area contributed by atoms with Gasteiger partial charge in [0.05, 0.1) is 16.4 Å². The summed E-state index contributed by atoms with van der Waals surface area (Å²) in [6, 6.07) is 0.638. The minimum Gasteiger partial charge on any atom is -0.314 e. The first-order valence-corrected chi connectivity index (χ1v) is 9.06. The minimum absolute atomic E-state index is 0.638. The molecule has 1 aliphatic carbocycles. The molecule has 2 atom stereocenters. The van der Waals surface area contributed by atoms with Crippen molar-refractivity contribution >= 4 is 11.6 Å². The molecule has 2 unspecified atom stereocenters. The van der Waals surface area contributed by atoms with Crippen LogP contribution in [0.3, 0.4) is 0 Å². The van der Waals surface area contributed by atoms with Crippen LogP contribution in [0.4, 0.5) is 0 Å². The Morgan fingerprint density at radius 3 is 2.62 bits per heavy atom. The molecule has 21 heavy (non-hydrogen) atoms. The van der Waals surface area contributed by atoms with Gasteiger partial charge in [0.15, 0.2) is 0 Å². The van der Waals surface area contributed by atoms with Gasteiger partial charge in [0.2, 0.25) is 0 Å². The van der Waals surface area contributed by atoms with Crippen molar-refractivity contribution < 1.29 is 0 Å². The second-order valence-electron chi connectivity index (χ2n) is 6.14. The summed E-state index contributed by atoms with van der Waals surface area (Å²) in [6.07, 6.45) is 8.68. The molecule has 3 nitrogen and oxygen atoms in total. The quantitative estimate of drug-likeness (QED) is 0.797. The topological polar surface area (TPSA) is 29.9 Å². The SMILES string of the molecule is CCNC1CCCCCC1Cc1c(Cl)c(CC)nn1CC. The monoisotopic (exact) mass is 311 g/mol. The van der Waals surface area contributed by atoms with Crippen molar-refractivity contribution in [2.45, 2.75) is 78.3 Å². The molecule has 1 fully saturated rings. The molecule has 4 heteroatoms. The van der Waals surface area contributed by atoms with Crippen LogP contribution in [0.5, 0.6) is 0 Å². The highest BCUT2D eigenvalue weighted by Gasteiger charge is 2.26. The van der Waals surface area contributed by atoms with Crippen molar-refractivity contribution in [2.75, 3.05) is 6.54 Å². The Kier molecular flexibility index (Phi) is 6.56. The largest absolute Gasteiger partial charge is 0.314 e. The molecule has 1 N–H and O–H groups in total. The summed E-state index contributed by atoms with van der Waals surface area (Å²) in [5, 5.41) is 9.29. The smallest absolute Gasteiger partial charge is 0.0849 e. The molecule has 0 spiro atoms. The second-order valence-corrected chi connectivity index (χ2v) is 6.52. The number of halogens is 1. The predicted octanol–water partition coefficient (Wildman–Crippen LogP) is 4.22. The molecular weight excluding hydrogens is 282 g/mol. The molecule has 1 saturated carbocycles. The van der Waals surface area contributed by atoms with Gasteiger partial charge in [0.1, 0.15) is 0 Å². The molecule has 1 heterocycles. The fraction of sp³-hybridized carbons (Fsp3) is 0.824. The van der Waals surface area contributed by atoms with E-state index >= 15 is 0 Å². The average molecular weight is 312 g/mol. The Bertz CT molecular complexity index is 441. The van der Waals surface area contributed by atoms with E-state index in [-0.39, 0.29) is 0 Å². The van der Waals surface area contributed by atoms with Crippen molar-refractivity contribution in [1.82, 2.24) is 15.1 Å². The lowest BCUT2D eigenvalue weighted by Gasteiger charge is -2.26. The van der Waals surface area contributed by atoms with Gasteiger partial charge < -0.3 is 5.32 Å². The maximum absolute atomic E-state index is 6.59. The minimum atomic E-state index is 0.638. The Labute approximate surface area is 134 Å². The highest BCUT2D eigenvalue weighted by atomic mass is 35.5. The van der Waals surface area contributed by atoms with Crippen molar-refractivity contribution in [2.24, 2.45) is 5.92 Å². The van der Waals surface area contributed by atoms with Crippen LogP contribution in [-0.4, -0.2) is 22.4 Å². The van der Waals surface area contributed by atoms with E-state index in [9.17, 15) is 0 Å². The normalized spacial score (nSPS) is 23.2. The van der Waals surface area contributed by atoms with Gasteiger partial charge in [0, 0.05) is 12.6 Å². The fourth-order valence-corrected chi connectivity index (χ4v) is 3.97. The Balaban J connectivity index is 2.19. The molecule has 0 amide bonds. The Morgan fingerprint density at radius 2 is 1.95 bits per heavy atom. The van der Waals surface area contributed by atoms with Crippen LogP contribution in [0.25, 0.3) is 0 Å². The molecule has 0 radical (unpaired) electrons. The standard InChI is InChI=1S/C17H30ClN3/c1-4-14-17(18)16(21(6-3)20-14)12-13-10-8-7-9-11-15(13)19-5-2/h13,15,19H,4-12H2,1-3H3. The first-order chi connectivity index (χ1) is 10.2. The number of hydrogen-bond donors (Lipinski definition) is 1. The van der Waals surface area contributed by atoms with Gasteiger partial charge in [-0.05, 0) is 45.1 Å². The molecule has 0 aliphatic heterocycles. The predicted molar refractivity (Wildman–Crippen MR) is 90.0 cm³/mol. The van der Waals surface area contributed by atoms with E-state index in [2.05, 4.69) is 35.9 Å². The Morgan fingerprint density at radius 1 is 1.19 bits per heavy atom. The lowest BCUT2D eigenvalue weighted by atomic mass is 9.90. The van der Waals surface area contributed by atoms with Crippen LogP contribution >= 0.6 is 11.6 Å². The highest BCUT2D eigenvalue weighted by molar-refractivity contribution is 6.31. The Hall–Kier alpha value is -0.540. The summed E-state index contributed by atoms with van der Waals surface area (Å²) in [7, 11) is 0. The molecule has 0 saturated heterocycles. The van der Waals surface area contributed by atoms with Crippen molar-refractivity contribution in [3.8, 4) is 0 Å². The van der Waals surface area contributed by atoms with E-state index in [1.807, 2.05) is 0 Å². The maximum Gasteiger partial charge on any atom is 0.0849 e. The number of hydrogen-bond acceptors (Lipinski definition) is 2. The van der Waals surface area contributed by atoms with Crippen molar-refractivity contribution in [3.05, 3.63) is 16.4 Å². The van der Waals surface area contributed by atoms with E-state index in [1.165, 1.54) is 37.8 Å². The average Bonchev–Trinajstić information content (AvgIpc) is 2.65. The molecule has 0 aromatic carbocycles. The molecule has 2 rings (SSSR count). The lowest BCUT2D eigenvalue weighted by molar-refractivity contribution is 0.331. The first kappa shape index (κ1) is 16.8. The summed E-state index contributed by atoms with van der Waals surface area (Å²) < 4.78 is 2.12. The van der Waals surface area contributed by atoms with Gasteiger partial charge in [-0.15, -0.1) is 0 Å². The van der Waals surface area contributed by atoms with Crippen molar-refractivity contribution in [3.63, 3.8) is 0 Å². The second kappa shape index (κ2) is 8.19. The third-order valence-corrected chi connectivity index (χ3v) is 5.21. The van der Waals surface area contributed by atoms with Crippen LogP contribution < -0.4 is 5.32 Å². The number of rotatable bonds is 6. The van der Waals surface area contributed by atoms with Crippen LogP contribution in [0.2, 0.25) is 5.02 Å². The molecule has 0 bridgehead atoms. The lowest BCUT2D eigenvalue weighted by Crippen LogP contribution is -2.36. The molecule has 1 aromatic rings. The summed E-state index contributed by atoms with van der Waals surface area (Å²) in [5.74, 6) is 0.691. The number of aromatic nitrogens is 2. The van der Waals surface area contributed by atoms with Gasteiger partial charge in [-0.2, -0.15) is 5.10 Å². The van der Waals surface area contributed by atoms with Crippen LogP contribution in [-0.2, 0) is 19.4 Å². The van der Waals surface area contributed by atoms with E-state index in [4.69, 9.17) is 11.6 Å².